The first-order valence-corrected chi connectivity index (χ1v) is 9.70. The molecule has 5 atom stereocenters. The molecule has 0 spiro atoms. The van der Waals surface area contributed by atoms with Crippen LogP contribution in [0, 0.1) is 5.41 Å². The van der Waals surface area contributed by atoms with Gasteiger partial charge in [0, 0.05) is 28.9 Å². The quantitative estimate of drug-likeness (QED) is 0.518. The van der Waals surface area contributed by atoms with Gasteiger partial charge in [0.25, 0.3) is 0 Å². The van der Waals surface area contributed by atoms with Gasteiger partial charge in [0.05, 0.1) is 28.3 Å². The Kier molecular flexibility index (Phi) is 4.80. The average molecular weight is 422 g/mol. The lowest BCUT2D eigenvalue weighted by Crippen LogP contribution is -2.38. The fourth-order valence-electron chi connectivity index (χ4n) is 4.24. The van der Waals surface area contributed by atoms with Crippen LogP contribution >= 0.6 is 23.2 Å². The molecule has 1 fully saturated rings. The van der Waals surface area contributed by atoms with Gasteiger partial charge in [-0.15, -0.1) is 0 Å². The first-order chi connectivity index (χ1) is 13.2. The minimum absolute atomic E-state index is 0.322. The number of fused-ring (bicyclic) bond motifs is 1. The van der Waals surface area contributed by atoms with Crippen molar-refractivity contribution in [2.24, 2.45) is 5.41 Å². The number of rotatable bonds is 3. The van der Waals surface area contributed by atoms with Gasteiger partial charge in [-0.2, -0.15) is 0 Å². The Balaban J connectivity index is 1.72. The summed E-state index contributed by atoms with van der Waals surface area (Å²) in [5.41, 5.74) is 6.76. The van der Waals surface area contributed by atoms with Crippen LogP contribution in [0.25, 0.3) is 11.0 Å². The number of halogens is 2. The van der Waals surface area contributed by atoms with Crippen molar-refractivity contribution >= 4 is 39.9 Å². The first kappa shape index (κ1) is 19.5. The zero-order valence-corrected chi connectivity index (χ0v) is 16.6. The molecule has 0 amide bonds. The maximum absolute atomic E-state index is 11.0. The van der Waals surface area contributed by atoms with Crippen molar-refractivity contribution in [3.05, 3.63) is 58.3 Å². The number of anilines is 1. The van der Waals surface area contributed by atoms with Crippen LogP contribution in [0.4, 0.5) is 5.69 Å². The van der Waals surface area contributed by atoms with Gasteiger partial charge < -0.3 is 25.6 Å². The van der Waals surface area contributed by atoms with Crippen molar-refractivity contribution in [2.45, 2.75) is 37.7 Å². The second-order valence-electron chi connectivity index (χ2n) is 7.65. The number of nitrogen functional groups attached to an aromatic ring is 1. The van der Waals surface area contributed by atoms with Gasteiger partial charge in [-0.3, -0.25) is 0 Å². The predicted molar refractivity (Wildman–Crippen MR) is 109 cm³/mol. The van der Waals surface area contributed by atoms with Crippen LogP contribution in [-0.2, 0) is 0 Å². The van der Waals surface area contributed by atoms with E-state index >= 15 is 0 Å². The molecule has 1 unspecified atom stereocenters. The molecule has 5 N–H and O–H groups in total. The lowest BCUT2D eigenvalue weighted by Gasteiger charge is -2.34. The van der Waals surface area contributed by atoms with Crippen LogP contribution in [0.2, 0.25) is 10.0 Å². The van der Waals surface area contributed by atoms with Gasteiger partial charge in [0.1, 0.15) is 11.8 Å². The number of aliphatic hydroxyl groups excluding tert-OH is 3. The molecule has 0 bridgehead atoms. The molecule has 1 saturated carbocycles. The molecule has 0 aliphatic heterocycles. The van der Waals surface area contributed by atoms with E-state index < -0.39 is 29.8 Å². The topological polar surface area (TPSA) is 105 Å². The summed E-state index contributed by atoms with van der Waals surface area (Å²) >= 11 is 12.1. The highest BCUT2D eigenvalue weighted by molar-refractivity contribution is 6.42. The first-order valence-electron chi connectivity index (χ1n) is 8.94. The van der Waals surface area contributed by atoms with E-state index in [0.29, 0.717) is 33.4 Å². The maximum Gasteiger partial charge on any atom is 0.142 e. The van der Waals surface area contributed by atoms with E-state index in [1.54, 1.807) is 43.6 Å². The Bertz CT molecular complexity index is 1040. The Labute approximate surface area is 172 Å². The summed E-state index contributed by atoms with van der Waals surface area (Å²) in [6, 6.07) is 7.94. The second kappa shape index (κ2) is 6.90. The van der Waals surface area contributed by atoms with Crippen LogP contribution in [0.1, 0.15) is 31.1 Å². The van der Waals surface area contributed by atoms with Crippen molar-refractivity contribution in [3.63, 3.8) is 0 Å². The van der Waals surface area contributed by atoms with E-state index in [1.807, 2.05) is 10.6 Å². The number of benzene rings is 1. The van der Waals surface area contributed by atoms with Gasteiger partial charge in [-0.05, 0) is 36.2 Å². The fraction of sp³-hybridized carbons (Fsp3) is 0.350. The van der Waals surface area contributed by atoms with Gasteiger partial charge in [0.2, 0.25) is 0 Å². The molecular formula is C20H21Cl2N3O3. The number of hydrogen-bond donors (Lipinski definition) is 4. The summed E-state index contributed by atoms with van der Waals surface area (Å²) in [5, 5.41) is 34.2. The van der Waals surface area contributed by atoms with E-state index in [4.69, 9.17) is 28.9 Å². The third kappa shape index (κ3) is 2.88. The third-order valence-corrected chi connectivity index (χ3v) is 6.67. The smallest absolute Gasteiger partial charge is 0.142 e. The number of pyridine rings is 1. The second-order valence-corrected chi connectivity index (χ2v) is 8.46. The molecule has 0 radical (unpaired) electrons. The van der Waals surface area contributed by atoms with E-state index in [-0.39, 0.29) is 0 Å². The number of nitrogens with two attached hydrogens (primary N) is 1. The van der Waals surface area contributed by atoms with Crippen molar-refractivity contribution in [3.8, 4) is 0 Å². The number of aliphatic hydroxyl groups is 3. The summed E-state index contributed by atoms with van der Waals surface area (Å²) in [5.74, 6) is 0. The Morgan fingerprint density at radius 1 is 1.21 bits per heavy atom. The molecule has 2 aromatic heterocycles. The van der Waals surface area contributed by atoms with Gasteiger partial charge in [0.15, 0.2) is 0 Å². The zero-order valence-electron chi connectivity index (χ0n) is 15.1. The predicted octanol–water partition coefficient (Wildman–Crippen LogP) is 3.33. The molecule has 2 heterocycles. The lowest BCUT2D eigenvalue weighted by molar-refractivity contribution is -0.0764. The monoisotopic (exact) mass is 421 g/mol. The minimum Gasteiger partial charge on any atom is -0.398 e. The number of aromatic nitrogens is 2. The standard InChI is InChI=1S/C20H21Cl2N3O3/c1-20(17(27)10-2-3-12(21)13(22)8-10)9-15(16(26)18(20)28)25-7-5-11-14(23)4-6-24-19(11)25/h2-8,15-18,26-28H,9H2,1H3,(H2,23,24)/t15-,16+,17?,18+,20-/m1/s1. The molecule has 4 rings (SSSR count). The molecule has 8 heteroatoms. The van der Waals surface area contributed by atoms with Crippen molar-refractivity contribution in [1.29, 1.82) is 0 Å². The minimum atomic E-state index is -1.15. The van der Waals surface area contributed by atoms with E-state index in [0.717, 1.165) is 5.39 Å². The van der Waals surface area contributed by atoms with Crippen LogP contribution in [0.15, 0.2) is 42.7 Å². The molecule has 1 aliphatic rings. The van der Waals surface area contributed by atoms with Crippen LogP contribution in [0.5, 0.6) is 0 Å². The Morgan fingerprint density at radius 2 is 1.96 bits per heavy atom. The van der Waals surface area contributed by atoms with Gasteiger partial charge >= 0.3 is 0 Å². The van der Waals surface area contributed by atoms with Crippen molar-refractivity contribution in [1.82, 2.24) is 9.55 Å². The number of hydrogen-bond acceptors (Lipinski definition) is 5. The van der Waals surface area contributed by atoms with Crippen LogP contribution < -0.4 is 5.73 Å². The van der Waals surface area contributed by atoms with E-state index in [1.165, 1.54) is 0 Å². The largest absolute Gasteiger partial charge is 0.398 e. The summed E-state index contributed by atoms with van der Waals surface area (Å²) in [6.07, 6.45) is 0.456. The highest BCUT2D eigenvalue weighted by Gasteiger charge is 2.54. The Hall–Kier alpha value is -1.83. The highest BCUT2D eigenvalue weighted by Crippen LogP contribution is 2.52. The summed E-state index contributed by atoms with van der Waals surface area (Å²) in [6.45, 7) is 1.75. The highest BCUT2D eigenvalue weighted by atomic mass is 35.5. The fourth-order valence-corrected chi connectivity index (χ4v) is 4.54. The van der Waals surface area contributed by atoms with Crippen LogP contribution in [-0.4, -0.2) is 37.1 Å². The van der Waals surface area contributed by atoms with Crippen molar-refractivity contribution in [2.75, 3.05) is 5.73 Å². The summed E-state index contributed by atoms with van der Waals surface area (Å²) in [4.78, 5) is 4.37. The maximum atomic E-state index is 11.0. The summed E-state index contributed by atoms with van der Waals surface area (Å²) in [7, 11) is 0. The summed E-state index contributed by atoms with van der Waals surface area (Å²) < 4.78 is 1.81. The average Bonchev–Trinajstić information content (AvgIpc) is 3.20. The molecule has 1 aromatic carbocycles. The third-order valence-electron chi connectivity index (χ3n) is 5.93. The normalized spacial score (nSPS) is 28.7. The lowest BCUT2D eigenvalue weighted by atomic mass is 9.77. The zero-order chi connectivity index (χ0) is 20.2. The molecule has 0 saturated heterocycles. The van der Waals surface area contributed by atoms with Gasteiger partial charge in [-0.1, -0.05) is 36.2 Å². The van der Waals surface area contributed by atoms with Gasteiger partial charge in [-0.25, -0.2) is 4.98 Å². The number of nitrogens with zero attached hydrogens (tertiary/aromatic N) is 2. The molecule has 148 valence electrons. The molecule has 1 aliphatic carbocycles. The molecule has 6 nitrogen and oxygen atoms in total. The molecule has 3 aromatic rings. The van der Waals surface area contributed by atoms with Crippen molar-refractivity contribution < 1.29 is 15.3 Å². The van der Waals surface area contributed by atoms with E-state index in [2.05, 4.69) is 4.98 Å². The Morgan fingerprint density at radius 3 is 2.68 bits per heavy atom. The van der Waals surface area contributed by atoms with Crippen LogP contribution in [0.3, 0.4) is 0 Å². The SMILES string of the molecule is C[C@]1(C(O)c2ccc(Cl)c(Cl)c2)C[C@@H](n2ccc3c(N)ccnc32)[C@H](O)[C@@H]1O. The molecular weight excluding hydrogens is 401 g/mol. The molecule has 28 heavy (non-hydrogen) atoms. The van der Waals surface area contributed by atoms with E-state index in [9.17, 15) is 15.3 Å².